The Kier molecular flexibility index (Phi) is 5.43. The lowest BCUT2D eigenvalue weighted by Crippen LogP contribution is -2.30. The summed E-state index contributed by atoms with van der Waals surface area (Å²) in [6.45, 7) is 2.51. The van der Waals surface area contributed by atoms with E-state index in [1.54, 1.807) is 6.92 Å². The van der Waals surface area contributed by atoms with Crippen molar-refractivity contribution in [2.24, 2.45) is 0 Å². The largest absolute Gasteiger partial charge is 0.388 e. The lowest BCUT2D eigenvalue weighted by molar-refractivity contribution is 0.0935. The van der Waals surface area contributed by atoms with E-state index in [1.807, 2.05) is 30.3 Å². The lowest BCUT2D eigenvalue weighted by atomic mass is 10.1. The Bertz CT molecular complexity index is 683. The molecule has 1 aromatic heterocycles. The molecule has 6 heteroatoms. The number of benzene rings is 1. The van der Waals surface area contributed by atoms with Gasteiger partial charge < -0.3 is 10.4 Å². The fourth-order valence-electron chi connectivity index (χ4n) is 2.05. The summed E-state index contributed by atoms with van der Waals surface area (Å²) in [5, 5.41) is 16.7. The summed E-state index contributed by atoms with van der Waals surface area (Å²) in [7, 11) is 0. The molecular weight excluding hydrogens is 282 g/mol. The van der Waals surface area contributed by atoms with Crippen LogP contribution in [0.3, 0.4) is 0 Å². The average Bonchev–Trinajstić information content (AvgIpc) is 2.55. The van der Waals surface area contributed by atoms with E-state index >= 15 is 0 Å². The average molecular weight is 301 g/mol. The number of rotatable bonds is 6. The molecule has 2 N–H and O–H groups in total. The summed E-state index contributed by atoms with van der Waals surface area (Å²) >= 11 is 0. The lowest BCUT2D eigenvalue weighted by Gasteiger charge is -2.11. The molecule has 0 spiro atoms. The van der Waals surface area contributed by atoms with Crippen molar-refractivity contribution in [1.29, 1.82) is 0 Å². The fourth-order valence-corrected chi connectivity index (χ4v) is 2.05. The van der Waals surface area contributed by atoms with E-state index in [2.05, 4.69) is 10.4 Å². The maximum absolute atomic E-state index is 12.0. The van der Waals surface area contributed by atoms with Crippen LogP contribution in [0.1, 0.15) is 35.5 Å². The van der Waals surface area contributed by atoms with Gasteiger partial charge in [-0.15, -0.1) is 0 Å². The second-order valence-corrected chi connectivity index (χ2v) is 4.84. The quantitative estimate of drug-likeness (QED) is 0.837. The molecule has 0 aliphatic heterocycles. The molecule has 0 fully saturated rings. The van der Waals surface area contributed by atoms with Gasteiger partial charge in [-0.25, -0.2) is 4.68 Å². The highest BCUT2D eigenvalue weighted by Crippen LogP contribution is 2.14. The summed E-state index contributed by atoms with van der Waals surface area (Å²) in [6, 6.07) is 12.0. The van der Waals surface area contributed by atoms with Crippen LogP contribution < -0.4 is 10.9 Å². The van der Waals surface area contributed by atoms with Gasteiger partial charge in [0.05, 0.1) is 6.10 Å². The minimum Gasteiger partial charge on any atom is -0.388 e. The first kappa shape index (κ1) is 15.9. The molecule has 1 heterocycles. The van der Waals surface area contributed by atoms with Crippen LogP contribution in [0.4, 0.5) is 0 Å². The van der Waals surface area contributed by atoms with Gasteiger partial charge in [0.1, 0.15) is 5.69 Å². The van der Waals surface area contributed by atoms with Gasteiger partial charge in [0.25, 0.3) is 11.5 Å². The Morgan fingerprint density at radius 2 is 2.00 bits per heavy atom. The molecule has 1 amide bonds. The van der Waals surface area contributed by atoms with Gasteiger partial charge in [0.15, 0.2) is 0 Å². The van der Waals surface area contributed by atoms with Crippen molar-refractivity contribution in [3.8, 4) is 0 Å². The Labute approximate surface area is 128 Å². The van der Waals surface area contributed by atoms with E-state index in [0.717, 1.165) is 5.56 Å². The molecule has 1 atom stereocenters. The number of amides is 1. The molecule has 0 saturated heterocycles. The Hall–Kier alpha value is -2.47. The molecule has 0 bridgehead atoms. The van der Waals surface area contributed by atoms with Crippen LogP contribution in [0.25, 0.3) is 0 Å². The zero-order valence-electron chi connectivity index (χ0n) is 12.4. The van der Waals surface area contributed by atoms with Crippen molar-refractivity contribution < 1.29 is 9.90 Å². The number of aliphatic hydroxyl groups is 1. The number of aryl methyl sites for hydroxylation is 1. The van der Waals surface area contributed by atoms with E-state index in [1.165, 1.54) is 16.8 Å². The van der Waals surface area contributed by atoms with Crippen molar-refractivity contribution in [2.45, 2.75) is 26.0 Å². The minimum atomic E-state index is -0.626. The highest BCUT2D eigenvalue weighted by molar-refractivity contribution is 5.91. The van der Waals surface area contributed by atoms with Crippen molar-refractivity contribution in [2.75, 3.05) is 6.54 Å². The first-order valence-electron chi connectivity index (χ1n) is 7.21. The molecule has 1 unspecified atom stereocenters. The number of aromatic nitrogens is 2. The maximum atomic E-state index is 12.0. The Balaban J connectivity index is 1.89. The topological polar surface area (TPSA) is 84.2 Å². The van der Waals surface area contributed by atoms with Gasteiger partial charge in [-0.2, -0.15) is 5.10 Å². The molecule has 0 aliphatic rings. The predicted octanol–water partition coefficient (Wildman–Crippen LogP) is 1.12. The number of carbonyl (C=O) groups excluding carboxylic acids is 1. The molecule has 1 aromatic carbocycles. The summed E-state index contributed by atoms with van der Waals surface area (Å²) < 4.78 is 1.23. The number of nitrogens with one attached hydrogen (secondary N) is 1. The number of carbonyl (C=O) groups is 1. The third kappa shape index (κ3) is 4.02. The van der Waals surface area contributed by atoms with Crippen LogP contribution in [0.15, 0.2) is 47.3 Å². The van der Waals surface area contributed by atoms with Gasteiger partial charge in [0.2, 0.25) is 0 Å². The third-order valence-corrected chi connectivity index (χ3v) is 3.29. The van der Waals surface area contributed by atoms with Crippen LogP contribution in [0.2, 0.25) is 0 Å². The van der Waals surface area contributed by atoms with E-state index in [9.17, 15) is 14.7 Å². The fraction of sp³-hybridized carbons (Fsp3) is 0.312. The molecule has 116 valence electrons. The third-order valence-electron chi connectivity index (χ3n) is 3.29. The summed E-state index contributed by atoms with van der Waals surface area (Å²) in [6.07, 6.45) is -0.220. The van der Waals surface area contributed by atoms with Crippen molar-refractivity contribution in [3.05, 3.63) is 64.1 Å². The number of aliphatic hydroxyl groups excluding tert-OH is 1. The van der Waals surface area contributed by atoms with E-state index in [-0.39, 0.29) is 17.2 Å². The van der Waals surface area contributed by atoms with Gasteiger partial charge >= 0.3 is 0 Å². The number of hydrogen-bond acceptors (Lipinski definition) is 4. The summed E-state index contributed by atoms with van der Waals surface area (Å²) in [5.41, 5.74) is 0.767. The monoisotopic (exact) mass is 301 g/mol. The van der Waals surface area contributed by atoms with E-state index in [4.69, 9.17) is 0 Å². The van der Waals surface area contributed by atoms with Crippen LogP contribution in [0, 0.1) is 0 Å². The molecular formula is C16H19N3O3. The van der Waals surface area contributed by atoms with E-state index in [0.29, 0.717) is 19.5 Å². The first-order valence-corrected chi connectivity index (χ1v) is 7.21. The molecule has 6 nitrogen and oxygen atoms in total. The van der Waals surface area contributed by atoms with Gasteiger partial charge in [-0.3, -0.25) is 9.59 Å². The van der Waals surface area contributed by atoms with Gasteiger partial charge in [0, 0.05) is 19.2 Å². The van der Waals surface area contributed by atoms with Gasteiger partial charge in [-0.1, -0.05) is 30.3 Å². The van der Waals surface area contributed by atoms with Crippen molar-refractivity contribution in [3.63, 3.8) is 0 Å². The van der Waals surface area contributed by atoms with E-state index < -0.39 is 6.10 Å². The highest BCUT2D eigenvalue weighted by Gasteiger charge is 2.11. The Morgan fingerprint density at radius 3 is 2.68 bits per heavy atom. The second kappa shape index (κ2) is 7.51. The van der Waals surface area contributed by atoms with Crippen molar-refractivity contribution in [1.82, 2.24) is 15.1 Å². The van der Waals surface area contributed by atoms with Crippen LogP contribution in [0.5, 0.6) is 0 Å². The SMILES string of the molecule is CCn1nc(C(=O)NCCC(O)c2ccccc2)ccc1=O. The zero-order valence-corrected chi connectivity index (χ0v) is 12.4. The zero-order chi connectivity index (χ0) is 15.9. The molecule has 2 aromatic rings. The van der Waals surface area contributed by atoms with Crippen LogP contribution in [-0.2, 0) is 6.54 Å². The molecule has 0 aliphatic carbocycles. The second-order valence-electron chi connectivity index (χ2n) is 4.84. The van der Waals surface area contributed by atoms with Gasteiger partial charge in [-0.05, 0) is 25.0 Å². The maximum Gasteiger partial charge on any atom is 0.271 e. The van der Waals surface area contributed by atoms with Crippen LogP contribution >= 0.6 is 0 Å². The number of hydrogen-bond donors (Lipinski definition) is 2. The normalized spacial score (nSPS) is 11.9. The first-order chi connectivity index (χ1) is 10.6. The summed E-state index contributed by atoms with van der Waals surface area (Å²) in [4.78, 5) is 23.4. The predicted molar refractivity (Wildman–Crippen MR) is 82.5 cm³/mol. The number of nitrogens with zero attached hydrogens (tertiary/aromatic N) is 2. The standard InChI is InChI=1S/C16H19N3O3/c1-2-19-15(21)9-8-13(18-19)16(22)17-11-10-14(20)12-6-4-3-5-7-12/h3-9,14,20H,2,10-11H2,1H3,(H,17,22). The smallest absolute Gasteiger partial charge is 0.271 e. The highest BCUT2D eigenvalue weighted by atomic mass is 16.3. The van der Waals surface area contributed by atoms with Crippen LogP contribution in [-0.4, -0.2) is 27.3 Å². The molecule has 0 saturated carbocycles. The summed E-state index contributed by atoms with van der Waals surface area (Å²) in [5.74, 6) is -0.359. The molecule has 22 heavy (non-hydrogen) atoms. The molecule has 2 rings (SSSR count). The molecule has 0 radical (unpaired) electrons. The minimum absolute atomic E-state index is 0.190. The van der Waals surface area contributed by atoms with Crippen molar-refractivity contribution >= 4 is 5.91 Å². The Morgan fingerprint density at radius 1 is 1.27 bits per heavy atom.